The van der Waals surface area contributed by atoms with E-state index in [0.717, 1.165) is 18.3 Å². The van der Waals surface area contributed by atoms with Gasteiger partial charge in [-0.1, -0.05) is 23.7 Å². The molecule has 37 heavy (non-hydrogen) atoms. The number of para-hydroxylation sites is 1. The summed E-state index contributed by atoms with van der Waals surface area (Å²) in [5.74, 6) is -3.45. The Hall–Kier alpha value is -4.78. The van der Waals surface area contributed by atoms with Gasteiger partial charge in [-0.2, -0.15) is 18.3 Å². The average Bonchev–Trinajstić information content (AvgIpc) is 2.85. The van der Waals surface area contributed by atoms with Crippen molar-refractivity contribution in [2.75, 3.05) is 5.32 Å². The molecule has 10 nitrogen and oxygen atoms in total. The molecule has 2 amide bonds. The second kappa shape index (κ2) is 11.3. The van der Waals surface area contributed by atoms with Gasteiger partial charge >= 0.3 is 24.0 Å². The largest absolute Gasteiger partial charge is 0.423 e. The van der Waals surface area contributed by atoms with Crippen LogP contribution in [0, 0.1) is 10.1 Å². The highest BCUT2D eigenvalue weighted by molar-refractivity contribution is 6.41. The van der Waals surface area contributed by atoms with Gasteiger partial charge in [-0.3, -0.25) is 19.7 Å². The molecule has 0 aliphatic rings. The van der Waals surface area contributed by atoms with Crippen LogP contribution < -0.4 is 15.5 Å². The summed E-state index contributed by atoms with van der Waals surface area (Å²) in [4.78, 5) is 46.5. The Bertz CT molecular complexity index is 1390. The second-order valence-corrected chi connectivity index (χ2v) is 7.49. The maximum Gasteiger partial charge on any atom is 0.416 e. The van der Waals surface area contributed by atoms with Gasteiger partial charge in [-0.15, -0.1) is 0 Å². The van der Waals surface area contributed by atoms with Crippen LogP contribution in [-0.4, -0.2) is 28.9 Å². The first-order valence-corrected chi connectivity index (χ1v) is 10.4. The molecule has 0 aliphatic heterocycles. The summed E-state index contributed by atoms with van der Waals surface area (Å²) < 4.78 is 43.6. The van der Waals surface area contributed by atoms with E-state index in [2.05, 4.69) is 5.10 Å². The first kappa shape index (κ1) is 26.8. The molecule has 3 aromatic carbocycles. The molecule has 3 aromatic rings. The highest BCUT2D eigenvalue weighted by Gasteiger charge is 2.31. The molecule has 0 saturated carbocycles. The number of ether oxygens (including phenoxy) is 1. The van der Waals surface area contributed by atoms with Gasteiger partial charge < -0.3 is 10.1 Å². The number of nitrogens with zero attached hydrogens (tertiary/aromatic N) is 2. The zero-order valence-corrected chi connectivity index (χ0v) is 19.0. The molecule has 0 unspecified atom stereocenters. The van der Waals surface area contributed by atoms with Crippen molar-refractivity contribution in [1.29, 1.82) is 0 Å². The van der Waals surface area contributed by atoms with E-state index in [9.17, 15) is 37.7 Å². The topological polar surface area (TPSA) is 140 Å². The van der Waals surface area contributed by atoms with Crippen LogP contribution in [0.5, 0.6) is 5.75 Å². The summed E-state index contributed by atoms with van der Waals surface area (Å²) in [6.45, 7) is 0. The van der Waals surface area contributed by atoms with Crippen LogP contribution in [-0.2, 0) is 15.8 Å². The standard InChI is InChI=1S/C23H14ClF3N4O6/c24-17-10-7-14(23(25,26)27)11-18(17)29-20(32)21(33)30-28-12-13-5-8-15(9-6-13)37-22(34)16-3-1-2-4-19(16)31(35)36/h1-12H,(H,29,32)(H,30,33)/b28-12+. The third-order valence-electron chi connectivity index (χ3n) is 4.54. The number of alkyl halides is 3. The monoisotopic (exact) mass is 534 g/mol. The van der Waals surface area contributed by atoms with Gasteiger partial charge in [-0.25, -0.2) is 10.2 Å². The number of rotatable bonds is 6. The molecule has 0 saturated heterocycles. The van der Waals surface area contributed by atoms with E-state index in [4.69, 9.17) is 16.3 Å². The summed E-state index contributed by atoms with van der Waals surface area (Å²) in [7, 11) is 0. The molecular weight excluding hydrogens is 521 g/mol. The molecule has 0 bridgehead atoms. The first-order chi connectivity index (χ1) is 17.5. The van der Waals surface area contributed by atoms with Crippen molar-refractivity contribution in [3.05, 3.63) is 98.6 Å². The van der Waals surface area contributed by atoms with Crippen molar-refractivity contribution < 1.29 is 37.2 Å². The Balaban J connectivity index is 1.57. The van der Waals surface area contributed by atoms with Crippen LogP contribution in [0.15, 0.2) is 71.8 Å². The fraction of sp³-hybridized carbons (Fsp3) is 0.0435. The van der Waals surface area contributed by atoms with E-state index < -0.39 is 45.8 Å². The van der Waals surface area contributed by atoms with Crippen LogP contribution in [0.2, 0.25) is 5.02 Å². The van der Waals surface area contributed by atoms with Gasteiger partial charge in [-0.05, 0) is 54.1 Å². The zero-order valence-electron chi connectivity index (χ0n) is 18.3. The third kappa shape index (κ3) is 7.11. The van der Waals surface area contributed by atoms with Gasteiger partial charge in [0.1, 0.15) is 11.3 Å². The van der Waals surface area contributed by atoms with Crippen molar-refractivity contribution in [2.45, 2.75) is 6.18 Å². The number of carbonyl (C=O) groups excluding carboxylic acids is 3. The highest BCUT2D eigenvalue weighted by Crippen LogP contribution is 2.33. The van der Waals surface area contributed by atoms with E-state index in [0.29, 0.717) is 11.6 Å². The Morgan fingerprint density at radius 1 is 1.00 bits per heavy atom. The number of nitrogens with one attached hydrogen (secondary N) is 2. The van der Waals surface area contributed by atoms with Crippen molar-refractivity contribution in [3.8, 4) is 5.75 Å². The molecule has 2 N–H and O–H groups in total. The predicted octanol–water partition coefficient (Wildman–Crippen LogP) is 4.58. The summed E-state index contributed by atoms with van der Waals surface area (Å²) >= 11 is 5.78. The molecule has 190 valence electrons. The number of anilines is 1. The molecule has 0 radical (unpaired) electrons. The minimum Gasteiger partial charge on any atom is -0.423 e. The summed E-state index contributed by atoms with van der Waals surface area (Å²) in [5, 5.41) is 16.4. The lowest BCUT2D eigenvalue weighted by molar-refractivity contribution is -0.385. The Morgan fingerprint density at radius 2 is 1.68 bits per heavy atom. The van der Waals surface area contributed by atoms with E-state index in [1.54, 1.807) is 0 Å². The van der Waals surface area contributed by atoms with E-state index in [1.807, 2.05) is 10.7 Å². The average molecular weight is 535 g/mol. The number of esters is 1. The first-order valence-electron chi connectivity index (χ1n) is 10.0. The minimum atomic E-state index is -4.68. The maximum absolute atomic E-state index is 12.8. The van der Waals surface area contributed by atoms with E-state index >= 15 is 0 Å². The van der Waals surface area contributed by atoms with Crippen LogP contribution in [0.1, 0.15) is 21.5 Å². The van der Waals surface area contributed by atoms with E-state index in [1.165, 1.54) is 48.5 Å². The van der Waals surface area contributed by atoms with Crippen LogP contribution in [0.4, 0.5) is 24.5 Å². The van der Waals surface area contributed by atoms with Crippen molar-refractivity contribution in [3.63, 3.8) is 0 Å². The smallest absolute Gasteiger partial charge is 0.416 e. The normalized spacial score (nSPS) is 11.1. The molecule has 14 heteroatoms. The molecule has 0 aliphatic carbocycles. The minimum absolute atomic E-state index is 0.0710. The van der Waals surface area contributed by atoms with Crippen molar-refractivity contribution in [2.24, 2.45) is 5.10 Å². The molecular formula is C23H14ClF3N4O6. The third-order valence-corrected chi connectivity index (χ3v) is 4.87. The summed E-state index contributed by atoms with van der Waals surface area (Å²) in [6.07, 6.45) is -3.54. The summed E-state index contributed by atoms with van der Waals surface area (Å²) in [6, 6.07) is 13.1. The van der Waals surface area contributed by atoms with Gasteiger partial charge in [0.25, 0.3) is 5.69 Å². The number of benzene rings is 3. The summed E-state index contributed by atoms with van der Waals surface area (Å²) in [5.41, 5.74) is 0.180. The van der Waals surface area contributed by atoms with E-state index in [-0.39, 0.29) is 16.3 Å². The van der Waals surface area contributed by atoms with Crippen molar-refractivity contribution in [1.82, 2.24) is 5.43 Å². The number of nitro benzene ring substituents is 1. The Labute approximate surface area is 210 Å². The lowest BCUT2D eigenvalue weighted by atomic mass is 10.2. The molecule has 0 atom stereocenters. The van der Waals surface area contributed by atoms with Crippen LogP contribution >= 0.6 is 11.6 Å². The lowest BCUT2D eigenvalue weighted by Gasteiger charge is -2.11. The molecule has 0 heterocycles. The quantitative estimate of drug-likeness (QED) is 0.118. The molecule has 0 aromatic heterocycles. The fourth-order valence-electron chi connectivity index (χ4n) is 2.78. The number of hydrazone groups is 1. The highest BCUT2D eigenvalue weighted by atomic mass is 35.5. The number of carbonyl (C=O) groups is 3. The Morgan fingerprint density at radius 3 is 2.32 bits per heavy atom. The number of amides is 2. The van der Waals surface area contributed by atoms with Gasteiger partial charge in [0.15, 0.2) is 0 Å². The molecule has 0 spiro atoms. The number of nitro groups is 1. The number of hydrogen-bond donors (Lipinski definition) is 2. The predicted molar refractivity (Wildman–Crippen MR) is 125 cm³/mol. The maximum atomic E-state index is 12.8. The van der Waals surface area contributed by atoms with Gasteiger partial charge in [0.05, 0.1) is 27.4 Å². The van der Waals surface area contributed by atoms with Crippen molar-refractivity contribution >= 4 is 47.0 Å². The van der Waals surface area contributed by atoms with Gasteiger partial charge in [0, 0.05) is 6.07 Å². The second-order valence-electron chi connectivity index (χ2n) is 7.08. The Kier molecular flexibility index (Phi) is 8.19. The zero-order chi connectivity index (χ0) is 27.2. The fourth-order valence-corrected chi connectivity index (χ4v) is 2.95. The molecule has 0 fully saturated rings. The van der Waals surface area contributed by atoms with Crippen LogP contribution in [0.3, 0.4) is 0 Å². The SMILES string of the molecule is O=C(N/N=C/c1ccc(OC(=O)c2ccccc2[N+](=O)[O-])cc1)C(=O)Nc1cc(C(F)(F)F)ccc1Cl. The number of halogens is 4. The number of hydrogen-bond acceptors (Lipinski definition) is 7. The lowest BCUT2D eigenvalue weighted by Crippen LogP contribution is -2.32. The molecule has 3 rings (SSSR count). The van der Waals surface area contributed by atoms with Crippen LogP contribution in [0.25, 0.3) is 0 Å². The van der Waals surface area contributed by atoms with Gasteiger partial charge in [0.2, 0.25) is 0 Å².